The molecule has 2 aromatic rings. The molecule has 0 aliphatic heterocycles. The highest BCUT2D eigenvalue weighted by Crippen LogP contribution is 2.25. The van der Waals surface area contributed by atoms with Gasteiger partial charge >= 0.3 is 5.97 Å². The molecular weight excluding hydrogens is 352 g/mol. The first-order valence-corrected chi connectivity index (χ1v) is 9.56. The smallest absolute Gasteiger partial charge is 0.330 e. The summed E-state index contributed by atoms with van der Waals surface area (Å²) in [4.78, 5) is 11.9. The highest BCUT2D eigenvalue weighted by atomic mass is 16.5. The minimum Gasteiger partial charge on any atom is -0.497 e. The van der Waals surface area contributed by atoms with Crippen molar-refractivity contribution in [3.05, 3.63) is 72.3 Å². The summed E-state index contributed by atoms with van der Waals surface area (Å²) in [5.74, 6) is 2.93. The van der Waals surface area contributed by atoms with Gasteiger partial charge in [-0.2, -0.15) is 0 Å². The fourth-order valence-electron chi connectivity index (χ4n) is 3.18. The van der Waals surface area contributed by atoms with E-state index in [1.165, 1.54) is 6.08 Å². The zero-order valence-electron chi connectivity index (χ0n) is 16.3. The minimum absolute atomic E-state index is 0.305. The Bertz CT molecular complexity index is 819. The molecule has 0 fully saturated rings. The molecule has 1 aliphatic rings. The van der Waals surface area contributed by atoms with Crippen LogP contribution in [0.5, 0.6) is 17.2 Å². The van der Waals surface area contributed by atoms with Crippen LogP contribution in [0.3, 0.4) is 0 Å². The van der Waals surface area contributed by atoms with Crippen molar-refractivity contribution in [2.45, 2.75) is 19.8 Å². The Morgan fingerprint density at radius 1 is 1.04 bits per heavy atom. The summed E-state index contributed by atoms with van der Waals surface area (Å²) in [6.45, 7) is 2.67. The van der Waals surface area contributed by atoms with Gasteiger partial charge in [-0.1, -0.05) is 31.2 Å². The number of esters is 1. The van der Waals surface area contributed by atoms with Gasteiger partial charge in [-0.3, -0.25) is 0 Å². The van der Waals surface area contributed by atoms with Crippen LogP contribution < -0.4 is 9.47 Å². The van der Waals surface area contributed by atoms with Crippen LogP contribution in [0.4, 0.5) is 0 Å². The second-order valence-corrected chi connectivity index (χ2v) is 7.05. The molecule has 0 aromatic heterocycles. The number of hydrogen-bond donors (Lipinski definition) is 0. The molecule has 0 amide bonds. The molecule has 2 unspecified atom stereocenters. The summed E-state index contributed by atoms with van der Waals surface area (Å²) in [6, 6.07) is 14.9. The average molecular weight is 378 g/mol. The Hall–Kier alpha value is -3.01. The molecule has 3 rings (SSSR count). The first-order valence-electron chi connectivity index (χ1n) is 9.56. The minimum atomic E-state index is -0.305. The normalized spacial score (nSPS) is 18.8. The molecule has 0 radical (unpaired) electrons. The van der Waals surface area contributed by atoms with Gasteiger partial charge in [-0.05, 0) is 72.7 Å². The van der Waals surface area contributed by atoms with Crippen LogP contribution in [0, 0.1) is 11.8 Å². The van der Waals surface area contributed by atoms with E-state index in [1.54, 1.807) is 13.2 Å². The van der Waals surface area contributed by atoms with Crippen LogP contribution in [0.15, 0.2) is 66.8 Å². The Labute approximate surface area is 166 Å². The molecule has 0 saturated heterocycles. The van der Waals surface area contributed by atoms with Crippen molar-refractivity contribution in [3.8, 4) is 17.2 Å². The van der Waals surface area contributed by atoms with Crippen LogP contribution in [0.25, 0.3) is 6.08 Å². The maximum atomic E-state index is 11.9. The molecule has 2 aromatic carbocycles. The summed E-state index contributed by atoms with van der Waals surface area (Å²) in [5, 5.41) is 0. The van der Waals surface area contributed by atoms with E-state index in [0.29, 0.717) is 18.4 Å². The largest absolute Gasteiger partial charge is 0.497 e. The van der Waals surface area contributed by atoms with E-state index >= 15 is 0 Å². The zero-order valence-corrected chi connectivity index (χ0v) is 16.3. The SMILES string of the molecule is COc1ccc(Oc2ccc(/C=C/C(=O)OCC3CC=CC(C)C3)cc2)cc1. The maximum absolute atomic E-state index is 11.9. The van der Waals surface area contributed by atoms with Gasteiger partial charge in [0.15, 0.2) is 0 Å². The fourth-order valence-corrected chi connectivity index (χ4v) is 3.18. The maximum Gasteiger partial charge on any atom is 0.330 e. The van der Waals surface area contributed by atoms with E-state index in [-0.39, 0.29) is 5.97 Å². The summed E-state index contributed by atoms with van der Waals surface area (Å²) in [5.41, 5.74) is 0.910. The fraction of sp³-hybridized carbons (Fsp3) is 0.292. The highest BCUT2D eigenvalue weighted by molar-refractivity contribution is 5.87. The van der Waals surface area contributed by atoms with Crippen molar-refractivity contribution >= 4 is 12.0 Å². The summed E-state index contributed by atoms with van der Waals surface area (Å²) < 4.78 is 16.3. The standard InChI is InChI=1S/C24H26O4/c1-18-4-3-5-20(16-18)17-27-24(25)15-8-19-6-9-22(10-7-19)28-23-13-11-21(26-2)12-14-23/h3-4,6-15,18,20H,5,16-17H2,1-2H3/b15-8+. The lowest BCUT2D eigenvalue weighted by molar-refractivity contribution is -0.139. The van der Waals surface area contributed by atoms with Crippen LogP contribution in [0.2, 0.25) is 0 Å². The molecule has 1 aliphatic carbocycles. The Morgan fingerprint density at radius 2 is 1.68 bits per heavy atom. The van der Waals surface area contributed by atoms with Crippen LogP contribution in [0.1, 0.15) is 25.3 Å². The monoisotopic (exact) mass is 378 g/mol. The number of carbonyl (C=O) groups is 1. The number of allylic oxidation sites excluding steroid dienone is 2. The Kier molecular flexibility index (Phi) is 6.90. The van der Waals surface area contributed by atoms with Gasteiger partial charge in [-0.15, -0.1) is 0 Å². The molecule has 0 bridgehead atoms. The van der Waals surface area contributed by atoms with Crippen molar-refractivity contribution in [2.24, 2.45) is 11.8 Å². The average Bonchev–Trinajstić information content (AvgIpc) is 2.72. The third-order valence-electron chi connectivity index (χ3n) is 4.69. The molecule has 2 atom stereocenters. The van der Waals surface area contributed by atoms with Gasteiger partial charge < -0.3 is 14.2 Å². The van der Waals surface area contributed by atoms with Gasteiger partial charge in [0.1, 0.15) is 17.2 Å². The number of rotatable bonds is 7. The van der Waals surface area contributed by atoms with Gasteiger partial charge in [0.25, 0.3) is 0 Å². The number of ether oxygens (including phenoxy) is 3. The van der Waals surface area contributed by atoms with E-state index < -0.39 is 0 Å². The van der Waals surface area contributed by atoms with Gasteiger partial charge in [0.05, 0.1) is 13.7 Å². The Morgan fingerprint density at radius 3 is 2.32 bits per heavy atom. The number of benzene rings is 2. The lowest BCUT2D eigenvalue weighted by Crippen LogP contribution is -2.17. The second kappa shape index (κ2) is 9.79. The molecule has 146 valence electrons. The third-order valence-corrected chi connectivity index (χ3v) is 4.69. The van der Waals surface area contributed by atoms with Crippen LogP contribution in [-0.4, -0.2) is 19.7 Å². The molecule has 0 N–H and O–H groups in total. The Balaban J connectivity index is 1.47. The summed E-state index contributed by atoms with van der Waals surface area (Å²) in [6.07, 6.45) is 9.68. The molecular formula is C24H26O4. The highest BCUT2D eigenvalue weighted by Gasteiger charge is 2.16. The predicted molar refractivity (Wildman–Crippen MR) is 111 cm³/mol. The van der Waals surface area contributed by atoms with Crippen LogP contribution in [-0.2, 0) is 9.53 Å². The second-order valence-electron chi connectivity index (χ2n) is 7.05. The van der Waals surface area contributed by atoms with Crippen molar-refractivity contribution in [3.63, 3.8) is 0 Å². The molecule has 0 saturated carbocycles. The van der Waals surface area contributed by atoms with Crippen molar-refractivity contribution in [1.29, 1.82) is 0 Å². The van der Waals surface area contributed by atoms with E-state index in [9.17, 15) is 4.79 Å². The van der Waals surface area contributed by atoms with Gasteiger partial charge in [0.2, 0.25) is 0 Å². The lowest BCUT2D eigenvalue weighted by Gasteiger charge is -2.21. The summed E-state index contributed by atoms with van der Waals surface area (Å²) >= 11 is 0. The van der Waals surface area contributed by atoms with E-state index in [4.69, 9.17) is 14.2 Å². The molecule has 0 heterocycles. The number of hydrogen-bond acceptors (Lipinski definition) is 4. The lowest BCUT2D eigenvalue weighted by atomic mass is 9.88. The third kappa shape index (κ3) is 6.02. The molecule has 0 spiro atoms. The van der Waals surface area contributed by atoms with Gasteiger partial charge in [0, 0.05) is 6.08 Å². The molecule has 4 heteroatoms. The topological polar surface area (TPSA) is 44.8 Å². The first-order chi connectivity index (χ1) is 13.6. The first kappa shape index (κ1) is 19.7. The molecule has 28 heavy (non-hydrogen) atoms. The zero-order chi connectivity index (χ0) is 19.8. The van der Waals surface area contributed by atoms with Gasteiger partial charge in [-0.25, -0.2) is 4.79 Å². The van der Waals surface area contributed by atoms with E-state index in [1.807, 2.05) is 48.5 Å². The number of carbonyl (C=O) groups excluding carboxylic acids is 1. The predicted octanol–water partition coefficient (Wildman–Crippen LogP) is 5.65. The van der Waals surface area contributed by atoms with E-state index in [2.05, 4.69) is 19.1 Å². The summed E-state index contributed by atoms with van der Waals surface area (Å²) in [7, 11) is 1.63. The number of methoxy groups -OCH3 is 1. The van der Waals surface area contributed by atoms with E-state index in [0.717, 1.165) is 35.7 Å². The van der Waals surface area contributed by atoms with Crippen molar-refractivity contribution in [2.75, 3.05) is 13.7 Å². The quantitative estimate of drug-likeness (QED) is 0.355. The van der Waals surface area contributed by atoms with Crippen LogP contribution >= 0.6 is 0 Å². The van der Waals surface area contributed by atoms with Crippen molar-refractivity contribution in [1.82, 2.24) is 0 Å². The van der Waals surface area contributed by atoms with Crippen molar-refractivity contribution < 1.29 is 19.0 Å². The molecule has 4 nitrogen and oxygen atoms in total.